The highest BCUT2D eigenvalue weighted by molar-refractivity contribution is 9.10. The van der Waals surface area contributed by atoms with Gasteiger partial charge in [-0.3, -0.25) is 0 Å². The van der Waals surface area contributed by atoms with Crippen LogP contribution in [-0.4, -0.2) is 18.8 Å². The summed E-state index contributed by atoms with van der Waals surface area (Å²) < 4.78 is 19.4. The summed E-state index contributed by atoms with van der Waals surface area (Å²) in [6.45, 7) is -0.167. The summed E-state index contributed by atoms with van der Waals surface area (Å²) >= 11 is 3.37. The Bertz CT molecular complexity index is 592. The fraction of sp³-hybridized carbons (Fsp3) is 0.200. The van der Waals surface area contributed by atoms with Crippen LogP contribution < -0.4 is 10.1 Å². The molecule has 0 bridgehead atoms. The van der Waals surface area contributed by atoms with Crippen molar-refractivity contribution in [2.24, 2.45) is 0 Å². The molecule has 0 heterocycles. The Morgan fingerprint density at radius 3 is 2.75 bits per heavy atom. The van der Waals surface area contributed by atoms with Crippen LogP contribution in [0, 0.1) is 5.82 Å². The lowest BCUT2D eigenvalue weighted by Crippen LogP contribution is -2.16. The monoisotopic (exact) mass is 339 g/mol. The largest absolute Gasteiger partial charge is 0.495 e. The zero-order valence-corrected chi connectivity index (χ0v) is 12.5. The average molecular weight is 340 g/mol. The molecule has 106 valence electrons. The van der Waals surface area contributed by atoms with Gasteiger partial charge in [0.1, 0.15) is 11.6 Å². The normalized spacial score (nSPS) is 12.0. The van der Waals surface area contributed by atoms with Gasteiger partial charge in [0.15, 0.2) is 0 Å². The number of benzene rings is 2. The third-order valence-electron chi connectivity index (χ3n) is 2.95. The van der Waals surface area contributed by atoms with Crippen LogP contribution in [0.2, 0.25) is 0 Å². The maximum absolute atomic E-state index is 13.4. The molecule has 0 aliphatic rings. The maximum atomic E-state index is 13.4. The van der Waals surface area contributed by atoms with E-state index >= 15 is 0 Å². The third-order valence-corrected chi connectivity index (χ3v) is 3.67. The van der Waals surface area contributed by atoms with Crippen LogP contribution in [0.1, 0.15) is 11.6 Å². The van der Waals surface area contributed by atoms with Crippen molar-refractivity contribution in [1.82, 2.24) is 0 Å². The molecule has 2 N–H and O–H groups in total. The van der Waals surface area contributed by atoms with Crippen molar-refractivity contribution >= 4 is 21.6 Å². The molecule has 0 radical (unpaired) electrons. The van der Waals surface area contributed by atoms with Gasteiger partial charge < -0.3 is 15.2 Å². The number of methoxy groups -OCH3 is 1. The molecule has 1 unspecified atom stereocenters. The van der Waals surface area contributed by atoms with E-state index in [1.165, 1.54) is 12.1 Å². The molecular weight excluding hydrogens is 325 g/mol. The van der Waals surface area contributed by atoms with E-state index in [0.29, 0.717) is 11.3 Å². The number of rotatable bonds is 5. The third kappa shape index (κ3) is 3.29. The average Bonchev–Trinajstić information content (AvgIpc) is 2.48. The lowest BCUT2D eigenvalue weighted by Gasteiger charge is -2.21. The molecule has 0 aliphatic carbocycles. The first kappa shape index (κ1) is 14.8. The molecule has 0 saturated heterocycles. The van der Waals surface area contributed by atoms with Crippen LogP contribution in [-0.2, 0) is 0 Å². The van der Waals surface area contributed by atoms with Crippen LogP contribution in [0.25, 0.3) is 0 Å². The Morgan fingerprint density at radius 2 is 2.05 bits per heavy atom. The summed E-state index contributed by atoms with van der Waals surface area (Å²) in [5, 5.41) is 12.7. The lowest BCUT2D eigenvalue weighted by molar-refractivity contribution is 0.275. The molecular formula is C15H15BrFNO2. The highest BCUT2D eigenvalue weighted by atomic mass is 79.9. The molecule has 2 aromatic rings. The Kier molecular flexibility index (Phi) is 4.98. The number of para-hydroxylation sites is 2. The summed E-state index contributed by atoms with van der Waals surface area (Å²) in [5.74, 6) is 0.321. The highest BCUT2D eigenvalue weighted by Crippen LogP contribution is 2.31. The summed E-state index contributed by atoms with van der Waals surface area (Å²) in [5.41, 5.74) is 1.39. The fourth-order valence-corrected chi connectivity index (χ4v) is 2.48. The quantitative estimate of drug-likeness (QED) is 0.871. The van der Waals surface area contributed by atoms with Crippen LogP contribution in [0.3, 0.4) is 0 Å². The van der Waals surface area contributed by atoms with E-state index in [9.17, 15) is 9.50 Å². The Hall–Kier alpha value is -1.59. The smallest absolute Gasteiger partial charge is 0.141 e. The van der Waals surface area contributed by atoms with Crippen molar-refractivity contribution in [3.05, 3.63) is 58.3 Å². The molecule has 20 heavy (non-hydrogen) atoms. The van der Waals surface area contributed by atoms with E-state index in [1.807, 2.05) is 24.3 Å². The second kappa shape index (κ2) is 6.72. The minimum Gasteiger partial charge on any atom is -0.495 e. The number of nitrogens with one attached hydrogen (secondary N) is 1. The number of hydrogen-bond acceptors (Lipinski definition) is 3. The van der Waals surface area contributed by atoms with Crippen LogP contribution in [0.15, 0.2) is 46.9 Å². The van der Waals surface area contributed by atoms with Gasteiger partial charge in [-0.25, -0.2) is 4.39 Å². The van der Waals surface area contributed by atoms with Gasteiger partial charge in [0.25, 0.3) is 0 Å². The number of aliphatic hydroxyl groups is 1. The van der Waals surface area contributed by atoms with Gasteiger partial charge in [-0.15, -0.1) is 0 Å². The Morgan fingerprint density at radius 1 is 1.30 bits per heavy atom. The van der Waals surface area contributed by atoms with Gasteiger partial charge in [0, 0.05) is 4.47 Å². The number of aliphatic hydroxyl groups excluding tert-OH is 1. The molecule has 0 amide bonds. The minimum atomic E-state index is -0.434. The zero-order valence-electron chi connectivity index (χ0n) is 10.9. The molecule has 1 atom stereocenters. The van der Waals surface area contributed by atoms with Gasteiger partial charge in [-0.05, 0) is 35.9 Å². The maximum Gasteiger partial charge on any atom is 0.141 e. The second-order valence-electron chi connectivity index (χ2n) is 4.25. The number of halogens is 2. The van der Waals surface area contributed by atoms with E-state index in [0.717, 1.165) is 10.2 Å². The molecule has 0 aromatic heterocycles. The van der Waals surface area contributed by atoms with Gasteiger partial charge in [0.2, 0.25) is 0 Å². The van der Waals surface area contributed by atoms with Crippen molar-refractivity contribution in [2.75, 3.05) is 19.0 Å². The number of anilines is 1. The first-order valence-electron chi connectivity index (χ1n) is 6.11. The summed E-state index contributed by atoms with van der Waals surface area (Å²) in [6.07, 6.45) is 0. The van der Waals surface area contributed by atoms with Gasteiger partial charge >= 0.3 is 0 Å². The molecule has 0 saturated carbocycles. The van der Waals surface area contributed by atoms with E-state index in [-0.39, 0.29) is 12.4 Å². The standard InChI is InChI=1S/C15H15BrFNO2/c1-20-15-5-3-2-4-13(15)18-14(9-19)11-8-10(17)6-7-12(11)16/h2-8,14,18-19H,9H2,1H3. The minimum absolute atomic E-state index is 0.167. The van der Waals surface area contributed by atoms with Gasteiger partial charge in [0.05, 0.1) is 25.4 Å². The zero-order chi connectivity index (χ0) is 14.5. The van der Waals surface area contributed by atoms with Crippen LogP contribution in [0.4, 0.5) is 10.1 Å². The molecule has 0 spiro atoms. The Labute approximate surface area is 125 Å². The molecule has 2 aromatic carbocycles. The lowest BCUT2D eigenvalue weighted by atomic mass is 10.1. The van der Waals surface area contributed by atoms with E-state index in [4.69, 9.17) is 4.74 Å². The van der Waals surface area contributed by atoms with Crippen molar-refractivity contribution in [2.45, 2.75) is 6.04 Å². The first-order chi connectivity index (χ1) is 9.65. The van der Waals surface area contributed by atoms with Crippen molar-refractivity contribution < 1.29 is 14.2 Å². The van der Waals surface area contributed by atoms with E-state index in [1.54, 1.807) is 13.2 Å². The topological polar surface area (TPSA) is 41.5 Å². The van der Waals surface area contributed by atoms with Crippen LogP contribution >= 0.6 is 15.9 Å². The summed E-state index contributed by atoms with van der Waals surface area (Å²) in [6, 6.07) is 11.3. The van der Waals surface area contributed by atoms with Gasteiger partial charge in [-0.2, -0.15) is 0 Å². The summed E-state index contributed by atoms with van der Waals surface area (Å²) in [4.78, 5) is 0. The van der Waals surface area contributed by atoms with Gasteiger partial charge in [-0.1, -0.05) is 28.1 Å². The highest BCUT2D eigenvalue weighted by Gasteiger charge is 2.16. The molecule has 0 aliphatic heterocycles. The molecule has 5 heteroatoms. The van der Waals surface area contributed by atoms with E-state index in [2.05, 4.69) is 21.2 Å². The number of ether oxygens (including phenoxy) is 1. The molecule has 3 nitrogen and oxygen atoms in total. The van der Waals surface area contributed by atoms with E-state index < -0.39 is 6.04 Å². The SMILES string of the molecule is COc1ccccc1NC(CO)c1cc(F)ccc1Br. The van der Waals surface area contributed by atoms with Crippen LogP contribution in [0.5, 0.6) is 5.75 Å². The first-order valence-corrected chi connectivity index (χ1v) is 6.90. The molecule has 0 fully saturated rings. The predicted molar refractivity (Wildman–Crippen MR) is 80.5 cm³/mol. The Balaban J connectivity index is 2.31. The van der Waals surface area contributed by atoms with Crippen molar-refractivity contribution in [3.8, 4) is 5.75 Å². The predicted octanol–water partition coefficient (Wildman–Crippen LogP) is 3.74. The van der Waals surface area contributed by atoms with Crippen molar-refractivity contribution in [1.29, 1.82) is 0 Å². The fourth-order valence-electron chi connectivity index (χ4n) is 1.95. The summed E-state index contributed by atoms with van der Waals surface area (Å²) in [7, 11) is 1.58. The molecule has 2 rings (SSSR count). The second-order valence-corrected chi connectivity index (χ2v) is 5.10. The number of hydrogen-bond donors (Lipinski definition) is 2. The van der Waals surface area contributed by atoms with Crippen molar-refractivity contribution in [3.63, 3.8) is 0 Å².